The van der Waals surface area contributed by atoms with Crippen LogP contribution in [0.3, 0.4) is 0 Å². The summed E-state index contributed by atoms with van der Waals surface area (Å²) < 4.78 is 15.7. The van der Waals surface area contributed by atoms with Crippen LogP contribution in [0.1, 0.15) is 20.3 Å². The van der Waals surface area contributed by atoms with Crippen molar-refractivity contribution < 1.29 is 14.2 Å². The fraction of sp³-hybridized carbons (Fsp3) is 1.00. The molecule has 0 aliphatic carbocycles. The molecule has 3 nitrogen and oxygen atoms in total. The van der Waals surface area contributed by atoms with Crippen LogP contribution >= 0.6 is 0 Å². The number of hydrogen-bond acceptors (Lipinski definition) is 3. The van der Waals surface area contributed by atoms with Crippen LogP contribution < -0.4 is 0 Å². The SMILES string of the molecule is CCOC(C)OC[C@H]1CCO1. The van der Waals surface area contributed by atoms with Gasteiger partial charge in [-0.2, -0.15) is 0 Å². The molecule has 0 aromatic heterocycles. The van der Waals surface area contributed by atoms with E-state index in [4.69, 9.17) is 14.2 Å². The zero-order chi connectivity index (χ0) is 8.10. The van der Waals surface area contributed by atoms with Gasteiger partial charge in [0.2, 0.25) is 0 Å². The molecule has 1 rings (SSSR count). The lowest BCUT2D eigenvalue weighted by molar-refractivity contribution is -0.172. The maximum Gasteiger partial charge on any atom is 0.154 e. The Morgan fingerprint density at radius 1 is 1.55 bits per heavy atom. The minimum atomic E-state index is -0.0933. The van der Waals surface area contributed by atoms with Gasteiger partial charge in [-0.05, 0) is 20.3 Å². The number of hydrogen-bond donors (Lipinski definition) is 0. The topological polar surface area (TPSA) is 27.7 Å². The second-order valence-corrected chi connectivity index (χ2v) is 2.64. The van der Waals surface area contributed by atoms with Gasteiger partial charge in [-0.25, -0.2) is 0 Å². The average Bonchev–Trinajstić information content (AvgIpc) is 1.85. The first kappa shape index (κ1) is 8.97. The van der Waals surface area contributed by atoms with Gasteiger partial charge in [0, 0.05) is 13.2 Å². The Hall–Kier alpha value is -0.120. The standard InChI is InChI=1S/C8H16O3/c1-3-9-7(2)11-6-8-4-5-10-8/h7-8H,3-6H2,1-2H3/t7?,8-/m1/s1. The van der Waals surface area contributed by atoms with Crippen molar-refractivity contribution in [1.82, 2.24) is 0 Å². The smallest absolute Gasteiger partial charge is 0.154 e. The Labute approximate surface area is 67.6 Å². The van der Waals surface area contributed by atoms with E-state index in [0.29, 0.717) is 19.3 Å². The van der Waals surface area contributed by atoms with Gasteiger partial charge in [-0.3, -0.25) is 0 Å². The molecular formula is C8H16O3. The van der Waals surface area contributed by atoms with Gasteiger partial charge in [-0.1, -0.05) is 0 Å². The lowest BCUT2D eigenvalue weighted by Crippen LogP contribution is -2.33. The summed E-state index contributed by atoms with van der Waals surface area (Å²) in [5.41, 5.74) is 0. The molecule has 0 radical (unpaired) electrons. The van der Waals surface area contributed by atoms with E-state index >= 15 is 0 Å². The van der Waals surface area contributed by atoms with E-state index in [0.717, 1.165) is 13.0 Å². The van der Waals surface area contributed by atoms with E-state index in [1.807, 2.05) is 13.8 Å². The highest BCUT2D eigenvalue weighted by Crippen LogP contribution is 2.11. The van der Waals surface area contributed by atoms with Gasteiger partial charge in [0.15, 0.2) is 6.29 Å². The summed E-state index contributed by atoms with van der Waals surface area (Å²) in [6.45, 7) is 6.12. The van der Waals surface area contributed by atoms with E-state index in [-0.39, 0.29) is 6.29 Å². The van der Waals surface area contributed by atoms with Crippen molar-refractivity contribution in [2.75, 3.05) is 19.8 Å². The Morgan fingerprint density at radius 2 is 2.27 bits per heavy atom. The molecule has 0 spiro atoms. The van der Waals surface area contributed by atoms with E-state index < -0.39 is 0 Å². The maximum atomic E-state index is 5.34. The number of ether oxygens (including phenoxy) is 3. The van der Waals surface area contributed by atoms with Crippen LogP contribution in [0.4, 0.5) is 0 Å². The summed E-state index contributed by atoms with van der Waals surface area (Å²) in [4.78, 5) is 0. The zero-order valence-electron chi connectivity index (χ0n) is 7.21. The van der Waals surface area contributed by atoms with Crippen molar-refractivity contribution in [3.8, 4) is 0 Å². The molecule has 1 aliphatic heterocycles. The molecule has 0 aromatic carbocycles. The van der Waals surface area contributed by atoms with Gasteiger partial charge < -0.3 is 14.2 Å². The Bertz CT molecular complexity index is 102. The summed E-state index contributed by atoms with van der Waals surface area (Å²) in [6, 6.07) is 0. The fourth-order valence-electron chi connectivity index (χ4n) is 0.942. The van der Waals surface area contributed by atoms with Crippen LogP contribution in [0.15, 0.2) is 0 Å². The van der Waals surface area contributed by atoms with Crippen LogP contribution in [0.25, 0.3) is 0 Å². The van der Waals surface area contributed by atoms with E-state index in [9.17, 15) is 0 Å². The molecule has 0 N–H and O–H groups in total. The minimum Gasteiger partial charge on any atom is -0.376 e. The third-order valence-electron chi connectivity index (χ3n) is 1.71. The molecule has 0 saturated carbocycles. The van der Waals surface area contributed by atoms with Gasteiger partial charge in [0.25, 0.3) is 0 Å². The summed E-state index contributed by atoms with van der Waals surface area (Å²) in [5.74, 6) is 0. The predicted molar refractivity (Wildman–Crippen MR) is 41.4 cm³/mol. The third kappa shape index (κ3) is 3.18. The highest BCUT2D eigenvalue weighted by Gasteiger charge is 2.18. The van der Waals surface area contributed by atoms with Crippen LogP contribution in [-0.2, 0) is 14.2 Å². The van der Waals surface area contributed by atoms with Crippen molar-refractivity contribution >= 4 is 0 Å². The first-order valence-corrected chi connectivity index (χ1v) is 4.17. The molecule has 1 unspecified atom stereocenters. The lowest BCUT2D eigenvalue weighted by atomic mass is 10.2. The molecule has 66 valence electrons. The molecule has 1 fully saturated rings. The van der Waals surface area contributed by atoms with Crippen molar-refractivity contribution in [2.24, 2.45) is 0 Å². The van der Waals surface area contributed by atoms with Crippen LogP contribution in [0.5, 0.6) is 0 Å². The zero-order valence-corrected chi connectivity index (χ0v) is 7.21. The Morgan fingerprint density at radius 3 is 2.73 bits per heavy atom. The predicted octanol–water partition coefficient (Wildman–Crippen LogP) is 1.17. The molecule has 3 heteroatoms. The quantitative estimate of drug-likeness (QED) is 0.565. The first-order valence-electron chi connectivity index (χ1n) is 4.17. The summed E-state index contributed by atoms with van der Waals surface area (Å²) >= 11 is 0. The monoisotopic (exact) mass is 160 g/mol. The van der Waals surface area contributed by atoms with E-state index in [1.165, 1.54) is 0 Å². The van der Waals surface area contributed by atoms with Crippen molar-refractivity contribution in [2.45, 2.75) is 32.7 Å². The minimum absolute atomic E-state index is 0.0933. The molecule has 1 heterocycles. The molecule has 0 amide bonds. The normalized spacial score (nSPS) is 26.2. The Kier molecular flexibility index (Phi) is 3.83. The third-order valence-corrected chi connectivity index (χ3v) is 1.71. The fourth-order valence-corrected chi connectivity index (χ4v) is 0.942. The summed E-state index contributed by atoms with van der Waals surface area (Å²) in [7, 11) is 0. The molecular weight excluding hydrogens is 144 g/mol. The van der Waals surface area contributed by atoms with Crippen molar-refractivity contribution in [1.29, 1.82) is 0 Å². The molecule has 11 heavy (non-hydrogen) atoms. The molecule has 1 aliphatic rings. The summed E-state index contributed by atoms with van der Waals surface area (Å²) in [6.07, 6.45) is 1.35. The van der Waals surface area contributed by atoms with Gasteiger partial charge in [0.1, 0.15) is 0 Å². The largest absolute Gasteiger partial charge is 0.376 e. The lowest BCUT2D eigenvalue weighted by Gasteiger charge is -2.27. The van der Waals surface area contributed by atoms with Crippen molar-refractivity contribution in [3.63, 3.8) is 0 Å². The second kappa shape index (κ2) is 4.70. The maximum absolute atomic E-state index is 5.34. The molecule has 0 bridgehead atoms. The van der Waals surface area contributed by atoms with Crippen molar-refractivity contribution in [3.05, 3.63) is 0 Å². The van der Waals surface area contributed by atoms with E-state index in [1.54, 1.807) is 0 Å². The van der Waals surface area contributed by atoms with Crippen LogP contribution in [0.2, 0.25) is 0 Å². The van der Waals surface area contributed by atoms with Gasteiger partial charge >= 0.3 is 0 Å². The molecule has 1 saturated heterocycles. The second-order valence-electron chi connectivity index (χ2n) is 2.64. The highest BCUT2D eigenvalue weighted by atomic mass is 16.7. The number of rotatable bonds is 5. The van der Waals surface area contributed by atoms with Crippen LogP contribution in [-0.4, -0.2) is 32.2 Å². The molecule has 2 atom stereocenters. The molecule has 0 aromatic rings. The summed E-state index contributed by atoms with van der Waals surface area (Å²) in [5, 5.41) is 0. The Balaban J connectivity index is 1.92. The first-order chi connectivity index (χ1) is 5.33. The average molecular weight is 160 g/mol. The van der Waals surface area contributed by atoms with E-state index in [2.05, 4.69) is 0 Å². The van der Waals surface area contributed by atoms with Gasteiger partial charge in [0.05, 0.1) is 12.7 Å². The van der Waals surface area contributed by atoms with Gasteiger partial charge in [-0.15, -0.1) is 0 Å². The van der Waals surface area contributed by atoms with Crippen LogP contribution in [0, 0.1) is 0 Å². The highest BCUT2D eigenvalue weighted by molar-refractivity contribution is 4.64.